The second-order valence-electron chi connectivity index (χ2n) is 8.07. The molecule has 1 saturated carbocycles. The Labute approximate surface area is 172 Å². The molecule has 0 unspecified atom stereocenters. The van der Waals surface area contributed by atoms with Crippen LogP contribution < -0.4 is 4.31 Å². The first kappa shape index (κ1) is 20.0. The van der Waals surface area contributed by atoms with Gasteiger partial charge in [-0.25, -0.2) is 17.7 Å². The zero-order valence-corrected chi connectivity index (χ0v) is 17.6. The third kappa shape index (κ3) is 4.20. The van der Waals surface area contributed by atoms with E-state index in [0.717, 1.165) is 36.9 Å². The molecule has 2 aromatic rings. The molecule has 1 aliphatic heterocycles. The lowest BCUT2D eigenvalue weighted by molar-refractivity contribution is -0.123. The molecule has 1 fully saturated rings. The topological polar surface area (TPSA) is 80.2 Å². The smallest absolute Gasteiger partial charge is 0.265 e. The minimum atomic E-state index is -3.65. The summed E-state index contributed by atoms with van der Waals surface area (Å²) in [6, 6.07) is 6.84. The van der Waals surface area contributed by atoms with Crippen LogP contribution >= 0.6 is 0 Å². The molecule has 2 heterocycles. The fourth-order valence-corrected chi connectivity index (χ4v) is 5.67. The standard InChI is InChI=1S/C22H27N3O3S/c1-16-7-10-19(11-8-16)29(27,28)25-14-13-20-22(25)23-15-18(24-20)9-12-21(26)17-5-3-2-4-6-17/h7-8,10-11,15,17H,2-6,9,12-14H2,1H3. The predicted molar refractivity (Wildman–Crippen MR) is 111 cm³/mol. The van der Waals surface area contributed by atoms with E-state index in [2.05, 4.69) is 9.97 Å². The Morgan fingerprint density at radius 2 is 1.86 bits per heavy atom. The summed E-state index contributed by atoms with van der Waals surface area (Å²) in [6.45, 7) is 2.27. The summed E-state index contributed by atoms with van der Waals surface area (Å²) in [7, 11) is -3.65. The number of rotatable bonds is 6. The van der Waals surface area contributed by atoms with Gasteiger partial charge in [0.1, 0.15) is 5.78 Å². The molecule has 0 N–H and O–H groups in total. The number of anilines is 1. The van der Waals surface area contributed by atoms with Gasteiger partial charge in [-0.2, -0.15) is 0 Å². The quantitative estimate of drug-likeness (QED) is 0.723. The number of nitrogens with zero attached hydrogens (tertiary/aromatic N) is 3. The largest absolute Gasteiger partial charge is 0.299 e. The third-order valence-corrected chi connectivity index (χ3v) is 7.76. The normalized spacial score (nSPS) is 17.3. The monoisotopic (exact) mass is 413 g/mol. The fraction of sp³-hybridized carbons (Fsp3) is 0.500. The number of carbonyl (C=O) groups excluding carboxylic acids is 1. The van der Waals surface area contributed by atoms with Crippen molar-refractivity contribution in [1.29, 1.82) is 0 Å². The Morgan fingerprint density at radius 3 is 2.59 bits per heavy atom. The number of aryl methyl sites for hydroxylation is 2. The number of sulfonamides is 1. The number of aromatic nitrogens is 2. The zero-order valence-electron chi connectivity index (χ0n) is 16.8. The molecule has 0 amide bonds. The van der Waals surface area contributed by atoms with Crippen LogP contribution in [0.15, 0.2) is 35.4 Å². The summed E-state index contributed by atoms with van der Waals surface area (Å²) in [5.74, 6) is 0.949. The second-order valence-corrected chi connectivity index (χ2v) is 9.94. The van der Waals surface area contributed by atoms with Gasteiger partial charge in [-0.15, -0.1) is 0 Å². The lowest BCUT2D eigenvalue weighted by Crippen LogP contribution is -2.29. The van der Waals surface area contributed by atoms with Crippen LogP contribution in [0.5, 0.6) is 0 Å². The molecular formula is C22H27N3O3S. The van der Waals surface area contributed by atoms with Gasteiger partial charge in [-0.05, 0) is 38.3 Å². The maximum absolute atomic E-state index is 13.0. The molecule has 0 atom stereocenters. The molecule has 1 aromatic carbocycles. The van der Waals surface area contributed by atoms with Crippen LogP contribution in [-0.2, 0) is 27.7 Å². The highest BCUT2D eigenvalue weighted by Crippen LogP contribution is 2.30. The van der Waals surface area contributed by atoms with Crippen molar-refractivity contribution >= 4 is 21.6 Å². The molecule has 154 valence electrons. The minimum absolute atomic E-state index is 0.210. The summed E-state index contributed by atoms with van der Waals surface area (Å²) < 4.78 is 27.3. The number of benzene rings is 1. The molecule has 7 heteroatoms. The van der Waals surface area contributed by atoms with Crippen LogP contribution in [-0.4, -0.2) is 30.7 Å². The molecule has 1 aromatic heterocycles. The van der Waals surface area contributed by atoms with Crippen LogP contribution in [0.25, 0.3) is 0 Å². The van der Waals surface area contributed by atoms with Gasteiger partial charge in [0, 0.05) is 25.3 Å². The summed E-state index contributed by atoms with van der Waals surface area (Å²) in [4.78, 5) is 21.7. The predicted octanol–water partition coefficient (Wildman–Crippen LogP) is 3.62. The van der Waals surface area contributed by atoms with E-state index < -0.39 is 10.0 Å². The molecule has 0 radical (unpaired) electrons. The highest BCUT2D eigenvalue weighted by Gasteiger charge is 2.33. The Kier molecular flexibility index (Phi) is 5.67. The van der Waals surface area contributed by atoms with E-state index in [9.17, 15) is 13.2 Å². The van der Waals surface area contributed by atoms with Gasteiger partial charge < -0.3 is 0 Å². The van der Waals surface area contributed by atoms with Crippen molar-refractivity contribution < 1.29 is 13.2 Å². The molecule has 29 heavy (non-hydrogen) atoms. The summed E-state index contributed by atoms with van der Waals surface area (Å²) in [6.07, 6.45) is 8.79. The van der Waals surface area contributed by atoms with Gasteiger partial charge in [0.05, 0.1) is 22.5 Å². The van der Waals surface area contributed by atoms with Gasteiger partial charge in [-0.1, -0.05) is 37.0 Å². The third-order valence-electron chi connectivity index (χ3n) is 5.96. The number of Topliss-reactive ketones (excluding diaryl/α,β-unsaturated/α-hetero) is 1. The average Bonchev–Trinajstić information content (AvgIpc) is 3.17. The molecule has 0 bridgehead atoms. The molecule has 0 spiro atoms. The number of fused-ring (bicyclic) bond motifs is 1. The van der Waals surface area contributed by atoms with Gasteiger partial charge >= 0.3 is 0 Å². The van der Waals surface area contributed by atoms with E-state index in [1.165, 1.54) is 10.7 Å². The Balaban J connectivity index is 1.46. The SMILES string of the molecule is Cc1ccc(S(=O)(=O)N2CCc3nc(CCC(=O)C4CCCCC4)cnc32)cc1. The fourth-order valence-electron chi connectivity index (χ4n) is 4.22. The highest BCUT2D eigenvalue weighted by atomic mass is 32.2. The Hall–Kier alpha value is -2.28. The summed E-state index contributed by atoms with van der Waals surface area (Å²) in [5.41, 5.74) is 2.48. The van der Waals surface area contributed by atoms with Crippen molar-refractivity contribution in [2.24, 2.45) is 5.92 Å². The number of hydrogen-bond donors (Lipinski definition) is 0. The van der Waals surface area contributed by atoms with E-state index >= 15 is 0 Å². The van der Waals surface area contributed by atoms with Crippen LogP contribution in [0.3, 0.4) is 0 Å². The molecule has 4 rings (SSSR count). The molecule has 0 saturated heterocycles. The molecule has 2 aliphatic rings. The first-order valence-corrected chi connectivity index (χ1v) is 11.9. The van der Waals surface area contributed by atoms with Gasteiger partial charge in [0.15, 0.2) is 5.82 Å². The van der Waals surface area contributed by atoms with E-state index in [1.807, 2.05) is 6.92 Å². The maximum Gasteiger partial charge on any atom is 0.265 e. The van der Waals surface area contributed by atoms with Crippen molar-refractivity contribution in [1.82, 2.24) is 9.97 Å². The van der Waals surface area contributed by atoms with Gasteiger partial charge in [0.25, 0.3) is 10.0 Å². The number of hydrogen-bond acceptors (Lipinski definition) is 5. The lowest BCUT2D eigenvalue weighted by atomic mass is 9.85. The van der Waals surface area contributed by atoms with Gasteiger partial charge in [-0.3, -0.25) is 9.78 Å². The summed E-state index contributed by atoms with van der Waals surface area (Å²) >= 11 is 0. The summed E-state index contributed by atoms with van der Waals surface area (Å²) in [5, 5.41) is 0. The average molecular weight is 414 g/mol. The van der Waals surface area contributed by atoms with Crippen LogP contribution in [0.2, 0.25) is 0 Å². The van der Waals surface area contributed by atoms with Crippen molar-refractivity contribution in [3.8, 4) is 0 Å². The van der Waals surface area contributed by atoms with Crippen LogP contribution in [0.4, 0.5) is 5.82 Å². The van der Waals surface area contributed by atoms with E-state index in [4.69, 9.17) is 0 Å². The Morgan fingerprint density at radius 1 is 1.14 bits per heavy atom. The van der Waals surface area contributed by atoms with Gasteiger partial charge in [0.2, 0.25) is 0 Å². The number of carbonyl (C=O) groups is 1. The number of ketones is 1. The second kappa shape index (κ2) is 8.22. The maximum atomic E-state index is 13.0. The van der Waals surface area contributed by atoms with Crippen LogP contribution in [0, 0.1) is 12.8 Å². The van der Waals surface area contributed by atoms with Crippen molar-refractivity contribution in [2.75, 3.05) is 10.8 Å². The molecular weight excluding hydrogens is 386 g/mol. The lowest BCUT2D eigenvalue weighted by Gasteiger charge is -2.20. The van der Waals surface area contributed by atoms with E-state index in [0.29, 0.717) is 43.1 Å². The zero-order chi connectivity index (χ0) is 20.4. The first-order chi connectivity index (χ1) is 13.9. The van der Waals surface area contributed by atoms with Crippen molar-refractivity contribution in [3.05, 3.63) is 47.4 Å². The Bertz CT molecular complexity index is 996. The molecule has 6 nitrogen and oxygen atoms in total. The first-order valence-electron chi connectivity index (χ1n) is 10.4. The van der Waals surface area contributed by atoms with Crippen molar-refractivity contribution in [3.63, 3.8) is 0 Å². The minimum Gasteiger partial charge on any atom is -0.299 e. The molecule has 1 aliphatic carbocycles. The van der Waals surface area contributed by atoms with Crippen molar-refractivity contribution in [2.45, 2.75) is 63.2 Å². The van der Waals surface area contributed by atoms with Crippen LogP contribution in [0.1, 0.15) is 55.5 Å². The highest BCUT2D eigenvalue weighted by molar-refractivity contribution is 7.92. The van der Waals surface area contributed by atoms with E-state index in [1.54, 1.807) is 30.5 Å². The van der Waals surface area contributed by atoms with E-state index in [-0.39, 0.29) is 10.8 Å².